The fourth-order valence-electron chi connectivity index (χ4n) is 2.49. The summed E-state index contributed by atoms with van der Waals surface area (Å²) in [5.41, 5.74) is 4.02. The molecule has 0 aromatic heterocycles. The van der Waals surface area contributed by atoms with Crippen molar-refractivity contribution in [1.29, 1.82) is 10.5 Å². The van der Waals surface area contributed by atoms with Gasteiger partial charge >= 0.3 is 0 Å². The Labute approximate surface area is 163 Å². The summed E-state index contributed by atoms with van der Waals surface area (Å²) in [5, 5.41) is 18.0. The van der Waals surface area contributed by atoms with Gasteiger partial charge in [0.2, 0.25) is 0 Å². The molecule has 120 valence electrons. The van der Waals surface area contributed by atoms with E-state index in [1.54, 1.807) is 24.3 Å². The molecule has 0 atom stereocenters. The molecule has 0 aliphatic carbocycles. The average molecular weight is 453 g/mol. The lowest BCUT2D eigenvalue weighted by Crippen LogP contribution is -2.10. The first-order chi connectivity index (χ1) is 12.1. The van der Waals surface area contributed by atoms with E-state index in [9.17, 15) is 0 Å². The molecule has 0 fully saturated rings. The Morgan fingerprint density at radius 2 is 1.00 bits per heavy atom. The second-order valence-electron chi connectivity index (χ2n) is 5.28. The van der Waals surface area contributed by atoms with Gasteiger partial charge in [-0.15, -0.1) is 0 Å². The summed E-state index contributed by atoms with van der Waals surface area (Å²) in [6, 6.07) is 25.1. The lowest BCUT2D eigenvalue weighted by atomic mass is 10.1. The zero-order valence-corrected chi connectivity index (χ0v) is 16.1. The van der Waals surface area contributed by atoms with E-state index in [2.05, 4.69) is 48.9 Å². The van der Waals surface area contributed by atoms with E-state index in [0.29, 0.717) is 11.1 Å². The van der Waals surface area contributed by atoms with Gasteiger partial charge in [-0.1, -0.05) is 31.9 Å². The third kappa shape index (κ3) is 3.91. The minimum atomic E-state index is 0.610. The molecule has 3 rings (SSSR count). The highest BCUT2D eigenvalue weighted by Gasteiger charge is 2.14. The zero-order chi connectivity index (χ0) is 17.8. The topological polar surface area (TPSA) is 50.8 Å². The first kappa shape index (κ1) is 17.2. The maximum atomic E-state index is 9.02. The molecule has 0 amide bonds. The Hall–Kier alpha value is -2.60. The summed E-state index contributed by atoms with van der Waals surface area (Å²) in [6.45, 7) is 0. The highest BCUT2D eigenvalue weighted by molar-refractivity contribution is 9.11. The molecule has 0 aliphatic rings. The van der Waals surface area contributed by atoms with Crippen LogP contribution in [-0.2, 0) is 0 Å². The van der Waals surface area contributed by atoms with Crippen molar-refractivity contribution in [2.24, 2.45) is 0 Å². The second-order valence-corrected chi connectivity index (χ2v) is 7.11. The van der Waals surface area contributed by atoms with Gasteiger partial charge in [-0.05, 0) is 66.7 Å². The standard InChI is InChI=1S/C20H11Br2N3/c21-16-9-17(22)11-20(10-16)25(18-5-1-14(12-23)2-6-18)19-7-3-15(13-24)4-8-19/h1-11H. The van der Waals surface area contributed by atoms with Gasteiger partial charge in [-0.3, -0.25) is 0 Å². The minimum absolute atomic E-state index is 0.610. The Bertz CT molecular complexity index is 904. The third-order valence-corrected chi connectivity index (χ3v) is 4.53. The molecule has 0 bridgehead atoms. The van der Waals surface area contributed by atoms with Gasteiger partial charge in [-0.25, -0.2) is 0 Å². The van der Waals surface area contributed by atoms with Crippen LogP contribution in [0.2, 0.25) is 0 Å². The van der Waals surface area contributed by atoms with Gasteiger partial charge in [0.05, 0.1) is 23.3 Å². The van der Waals surface area contributed by atoms with Gasteiger partial charge < -0.3 is 4.90 Å². The van der Waals surface area contributed by atoms with Gasteiger partial charge in [-0.2, -0.15) is 10.5 Å². The molecule has 3 nitrogen and oxygen atoms in total. The Balaban J connectivity index is 2.15. The molecule has 0 radical (unpaired) electrons. The van der Waals surface area contributed by atoms with Crippen molar-refractivity contribution in [3.8, 4) is 12.1 Å². The predicted octanol–water partition coefficient (Wildman–Crippen LogP) is 6.42. The summed E-state index contributed by atoms with van der Waals surface area (Å²) in [6.07, 6.45) is 0. The van der Waals surface area contributed by atoms with Gasteiger partial charge in [0.15, 0.2) is 0 Å². The van der Waals surface area contributed by atoms with Crippen LogP contribution < -0.4 is 4.90 Å². The van der Waals surface area contributed by atoms with Crippen molar-refractivity contribution in [1.82, 2.24) is 0 Å². The molecule has 0 heterocycles. The Morgan fingerprint density at radius 3 is 1.36 bits per heavy atom. The fourth-order valence-corrected chi connectivity index (χ4v) is 3.76. The van der Waals surface area contributed by atoms with Crippen LogP contribution >= 0.6 is 31.9 Å². The van der Waals surface area contributed by atoms with E-state index >= 15 is 0 Å². The highest BCUT2D eigenvalue weighted by Crippen LogP contribution is 2.37. The summed E-state index contributed by atoms with van der Waals surface area (Å²) >= 11 is 7.06. The van der Waals surface area contributed by atoms with Crippen LogP contribution in [0, 0.1) is 22.7 Å². The lowest BCUT2D eigenvalue weighted by Gasteiger charge is -2.26. The van der Waals surface area contributed by atoms with Crippen LogP contribution in [0.25, 0.3) is 0 Å². The van der Waals surface area contributed by atoms with Gasteiger partial charge in [0, 0.05) is 26.0 Å². The fraction of sp³-hybridized carbons (Fsp3) is 0. The molecule has 5 heteroatoms. The number of hydrogen-bond donors (Lipinski definition) is 0. The maximum Gasteiger partial charge on any atom is 0.0991 e. The van der Waals surface area contributed by atoms with Crippen LogP contribution in [0.5, 0.6) is 0 Å². The molecule has 0 saturated carbocycles. The van der Waals surface area contributed by atoms with E-state index in [0.717, 1.165) is 26.0 Å². The van der Waals surface area contributed by atoms with Crippen LogP contribution in [0.1, 0.15) is 11.1 Å². The molecule has 3 aromatic rings. The molecular weight excluding hydrogens is 442 g/mol. The van der Waals surface area contributed by atoms with Crippen molar-refractivity contribution in [3.63, 3.8) is 0 Å². The minimum Gasteiger partial charge on any atom is -0.310 e. The molecule has 0 spiro atoms. The maximum absolute atomic E-state index is 9.02. The molecule has 0 unspecified atom stereocenters. The second kappa shape index (κ2) is 7.53. The van der Waals surface area contributed by atoms with Crippen LogP contribution in [-0.4, -0.2) is 0 Å². The molecule has 0 N–H and O–H groups in total. The molecule has 3 aromatic carbocycles. The molecule has 0 aliphatic heterocycles. The number of nitrogens with zero attached hydrogens (tertiary/aromatic N) is 3. The van der Waals surface area contributed by atoms with E-state index in [-0.39, 0.29) is 0 Å². The highest BCUT2D eigenvalue weighted by atomic mass is 79.9. The van der Waals surface area contributed by atoms with E-state index in [1.807, 2.05) is 42.5 Å². The number of nitriles is 2. The van der Waals surface area contributed by atoms with Gasteiger partial charge in [0.25, 0.3) is 0 Å². The van der Waals surface area contributed by atoms with Crippen molar-refractivity contribution < 1.29 is 0 Å². The number of benzene rings is 3. The van der Waals surface area contributed by atoms with E-state index in [1.165, 1.54) is 0 Å². The summed E-state index contributed by atoms with van der Waals surface area (Å²) in [7, 11) is 0. The van der Waals surface area contributed by atoms with Crippen LogP contribution in [0.15, 0.2) is 75.7 Å². The summed E-state index contributed by atoms with van der Waals surface area (Å²) < 4.78 is 1.90. The number of rotatable bonds is 3. The monoisotopic (exact) mass is 451 g/mol. The zero-order valence-electron chi connectivity index (χ0n) is 12.9. The number of halogens is 2. The first-order valence-corrected chi connectivity index (χ1v) is 8.96. The van der Waals surface area contributed by atoms with Crippen molar-refractivity contribution >= 4 is 48.9 Å². The SMILES string of the molecule is N#Cc1ccc(N(c2ccc(C#N)cc2)c2cc(Br)cc(Br)c2)cc1. The molecular formula is C20H11Br2N3. The van der Waals surface area contributed by atoms with Crippen molar-refractivity contribution in [3.05, 3.63) is 86.8 Å². The van der Waals surface area contributed by atoms with Crippen LogP contribution in [0.4, 0.5) is 17.1 Å². The van der Waals surface area contributed by atoms with E-state index < -0.39 is 0 Å². The quantitative estimate of drug-likeness (QED) is 0.460. The van der Waals surface area contributed by atoms with Crippen molar-refractivity contribution in [2.45, 2.75) is 0 Å². The largest absolute Gasteiger partial charge is 0.310 e. The number of anilines is 3. The normalized spacial score (nSPS) is 9.92. The smallest absolute Gasteiger partial charge is 0.0991 e. The lowest BCUT2D eigenvalue weighted by molar-refractivity contribution is 1.27. The Morgan fingerprint density at radius 1 is 0.600 bits per heavy atom. The van der Waals surface area contributed by atoms with Gasteiger partial charge in [0.1, 0.15) is 0 Å². The number of hydrogen-bond acceptors (Lipinski definition) is 3. The van der Waals surface area contributed by atoms with Crippen molar-refractivity contribution in [2.75, 3.05) is 4.90 Å². The van der Waals surface area contributed by atoms with E-state index in [4.69, 9.17) is 10.5 Å². The average Bonchev–Trinajstić information content (AvgIpc) is 2.62. The third-order valence-electron chi connectivity index (χ3n) is 3.61. The molecule has 0 saturated heterocycles. The predicted molar refractivity (Wildman–Crippen MR) is 106 cm³/mol. The Kier molecular flexibility index (Phi) is 5.19. The molecule has 25 heavy (non-hydrogen) atoms. The summed E-state index contributed by atoms with van der Waals surface area (Å²) in [5.74, 6) is 0. The first-order valence-electron chi connectivity index (χ1n) is 7.37. The summed E-state index contributed by atoms with van der Waals surface area (Å²) in [4.78, 5) is 2.07. The van der Waals surface area contributed by atoms with Crippen LogP contribution in [0.3, 0.4) is 0 Å².